The number of aromatic nitrogens is 3. The summed E-state index contributed by atoms with van der Waals surface area (Å²) in [6, 6.07) is 3.24. The molecule has 21 heavy (non-hydrogen) atoms. The van der Waals surface area contributed by atoms with E-state index < -0.39 is 0 Å². The number of likely N-dealkylation sites (tertiary alicyclic amines) is 1. The standard InChI is InChI=1S/C14H18ClN5O/c15-10-4-5-12(17-8-10)14-18-13(19-21-14)11(16)9-20-6-2-1-3-7-20/h4-5,8,11H,1-3,6-7,9,16H2. The Balaban J connectivity index is 1.67. The minimum absolute atomic E-state index is 0.243. The van der Waals surface area contributed by atoms with Crippen molar-refractivity contribution in [2.24, 2.45) is 5.73 Å². The molecule has 1 saturated heterocycles. The van der Waals surface area contributed by atoms with Crippen LogP contribution in [-0.4, -0.2) is 39.7 Å². The lowest BCUT2D eigenvalue weighted by Crippen LogP contribution is -2.36. The first kappa shape index (κ1) is 14.4. The predicted octanol–water partition coefficient (Wildman–Crippen LogP) is 2.27. The summed E-state index contributed by atoms with van der Waals surface area (Å²) in [5.41, 5.74) is 6.77. The third-order valence-corrected chi connectivity index (χ3v) is 3.85. The number of nitrogens with two attached hydrogens (primary N) is 1. The summed E-state index contributed by atoms with van der Waals surface area (Å²) in [6.07, 6.45) is 5.33. The molecule has 2 N–H and O–H groups in total. The van der Waals surface area contributed by atoms with Gasteiger partial charge in [0.2, 0.25) is 0 Å². The Labute approximate surface area is 128 Å². The summed E-state index contributed by atoms with van der Waals surface area (Å²) in [4.78, 5) is 10.8. The maximum Gasteiger partial charge on any atom is 0.276 e. The SMILES string of the molecule is NC(CN1CCCCC1)c1noc(-c2ccc(Cl)cn2)n1. The van der Waals surface area contributed by atoms with Crippen LogP contribution in [0, 0.1) is 0 Å². The number of hydrogen-bond acceptors (Lipinski definition) is 6. The van der Waals surface area contributed by atoms with Crippen molar-refractivity contribution in [3.05, 3.63) is 29.2 Å². The van der Waals surface area contributed by atoms with E-state index >= 15 is 0 Å². The van der Waals surface area contributed by atoms with E-state index in [1.54, 1.807) is 18.3 Å². The molecule has 6 nitrogen and oxygen atoms in total. The van der Waals surface area contributed by atoms with Gasteiger partial charge in [-0.05, 0) is 38.1 Å². The Morgan fingerprint density at radius 3 is 2.81 bits per heavy atom. The van der Waals surface area contributed by atoms with Gasteiger partial charge in [0.25, 0.3) is 5.89 Å². The highest BCUT2D eigenvalue weighted by Gasteiger charge is 2.20. The molecule has 0 saturated carbocycles. The van der Waals surface area contributed by atoms with E-state index in [0.717, 1.165) is 19.6 Å². The van der Waals surface area contributed by atoms with Gasteiger partial charge in [0.05, 0.1) is 11.1 Å². The minimum Gasteiger partial charge on any atom is -0.332 e. The van der Waals surface area contributed by atoms with Gasteiger partial charge in [-0.25, -0.2) is 4.98 Å². The average molecular weight is 308 g/mol. The van der Waals surface area contributed by atoms with Crippen molar-refractivity contribution in [3.8, 4) is 11.6 Å². The molecular weight excluding hydrogens is 290 g/mol. The van der Waals surface area contributed by atoms with Gasteiger partial charge in [0, 0.05) is 12.7 Å². The maximum absolute atomic E-state index is 6.17. The monoisotopic (exact) mass is 307 g/mol. The second kappa shape index (κ2) is 6.51. The Morgan fingerprint density at radius 1 is 1.29 bits per heavy atom. The summed E-state index contributed by atoms with van der Waals surface area (Å²) in [5, 5.41) is 4.54. The molecule has 7 heteroatoms. The number of piperidine rings is 1. The highest BCUT2D eigenvalue weighted by atomic mass is 35.5. The van der Waals surface area contributed by atoms with Gasteiger partial charge >= 0.3 is 0 Å². The quantitative estimate of drug-likeness (QED) is 0.933. The fraction of sp³-hybridized carbons (Fsp3) is 0.500. The zero-order valence-electron chi connectivity index (χ0n) is 11.7. The third kappa shape index (κ3) is 3.58. The first-order valence-electron chi connectivity index (χ1n) is 7.16. The molecule has 0 spiro atoms. The second-order valence-corrected chi connectivity index (χ2v) is 5.72. The molecular formula is C14H18ClN5O. The van der Waals surface area contributed by atoms with Gasteiger partial charge in [-0.2, -0.15) is 4.98 Å². The van der Waals surface area contributed by atoms with Crippen LogP contribution < -0.4 is 5.73 Å². The molecule has 2 aromatic heterocycles. The van der Waals surface area contributed by atoms with Gasteiger partial charge in [0.15, 0.2) is 5.82 Å². The highest BCUT2D eigenvalue weighted by Crippen LogP contribution is 2.19. The van der Waals surface area contributed by atoms with Crippen LogP contribution in [0.15, 0.2) is 22.9 Å². The zero-order valence-corrected chi connectivity index (χ0v) is 12.5. The predicted molar refractivity (Wildman–Crippen MR) is 79.8 cm³/mol. The number of rotatable bonds is 4. The number of hydrogen-bond donors (Lipinski definition) is 1. The smallest absolute Gasteiger partial charge is 0.276 e. The molecule has 0 amide bonds. The van der Waals surface area contributed by atoms with Crippen molar-refractivity contribution < 1.29 is 4.52 Å². The molecule has 3 rings (SSSR count). The second-order valence-electron chi connectivity index (χ2n) is 5.29. The lowest BCUT2D eigenvalue weighted by atomic mass is 10.1. The maximum atomic E-state index is 6.17. The minimum atomic E-state index is -0.243. The lowest BCUT2D eigenvalue weighted by molar-refractivity contribution is 0.213. The van der Waals surface area contributed by atoms with E-state index in [2.05, 4.69) is 20.0 Å². The van der Waals surface area contributed by atoms with Crippen LogP contribution in [0.2, 0.25) is 5.02 Å². The number of halogens is 1. The first-order chi connectivity index (χ1) is 10.2. The Morgan fingerprint density at radius 2 is 2.10 bits per heavy atom. The Hall–Kier alpha value is -1.50. The number of pyridine rings is 1. The lowest BCUT2D eigenvalue weighted by Gasteiger charge is -2.27. The van der Waals surface area contributed by atoms with Crippen LogP contribution in [0.5, 0.6) is 0 Å². The van der Waals surface area contributed by atoms with E-state index in [1.807, 2.05) is 0 Å². The van der Waals surface area contributed by atoms with Gasteiger partial charge in [0.1, 0.15) is 5.69 Å². The molecule has 0 aromatic carbocycles. The van der Waals surface area contributed by atoms with Gasteiger partial charge in [-0.1, -0.05) is 23.2 Å². The van der Waals surface area contributed by atoms with Crippen LogP contribution in [-0.2, 0) is 0 Å². The van der Waals surface area contributed by atoms with Gasteiger partial charge < -0.3 is 15.2 Å². The van der Waals surface area contributed by atoms with E-state index in [1.165, 1.54) is 19.3 Å². The Kier molecular flexibility index (Phi) is 4.48. The van der Waals surface area contributed by atoms with Crippen LogP contribution >= 0.6 is 11.6 Å². The molecule has 1 aliphatic rings. The van der Waals surface area contributed by atoms with E-state index in [4.69, 9.17) is 21.9 Å². The normalized spacial score (nSPS) is 17.8. The average Bonchev–Trinajstić information content (AvgIpc) is 2.99. The first-order valence-corrected chi connectivity index (χ1v) is 7.53. The summed E-state index contributed by atoms with van der Waals surface area (Å²) >= 11 is 5.81. The highest BCUT2D eigenvalue weighted by molar-refractivity contribution is 6.30. The van der Waals surface area contributed by atoms with Crippen LogP contribution in [0.25, 0.3) is 11.6 Å². The van der Waals surface area contributed by atoms with Crippen molar-refractivity contribution in [3.63, 3.8) is 0 Å². The molecule has 1 unspecified atom stereocenters. The largest absolute Gasteiger partial charge is 0.332 e. The van der Waals surface area contributed by atoms with E-state index in [-0.39, 0.29) is 6.04 Å². The van der Waals surface area contributed by atoms with Crippen molar-refractivity contribution in [2.75, 3.05) is 19.6 Å². The van der Waals surface area contributed by atoms with Crippen LogP contribution in [0.1, 0.15) is 31.1 Å². The summed E-state index contributed by atoms with van der Waals surface area (Å²) in [7, 11) is 0. The van der Waals surface area contributed by atoms with E-state index in [9.17, 15) is 0 Å². The molecule has 0 bridgehead atoms. The van der Waals surface area contributed by atoms with Gasteiger partial charge in [-0.3, -0.25) is 0 Å². The van der Waals surface area contributed by atoms with Crippen molar-refractivity contribution in [1.29, 1.82) is 0 Å². The summed E-state index contributed by atoms with van der Waals surface area (Å²) in [6.45, 7) is 2.95. The molecule has 0 aliphatic carbocycles. The van der Waals surface area contributed by atoms with Crippen molar-refractivity contribution >= 4 is 11.6 Å². The van der Waals surface area contributed by atoms with Crippen molar-refractivity contribution in [2.45, 2.75) is 25.3 Å². The van der Waals surface area contributed by atoms with Gasteiger partial charge in [-0.15, -0.1) is 0 Å². The number of nitrogens with zero attached hydrogens (tertiary/aromatic N) is 4. The van der Waals surface area contributed by atoms with Crippen LogP contribution in [0.3, 0.4) is 0 Å². The molecule has 0 radical (unpaired) electrons. The van der Waals surface area contributed by atoms with Crippen LogP contribution in [0.4, 0.5) is 0 Å². The fourth-order valence-corrected chi connectivity index (χ4v) is 2.61. The molecule has 1 fully saturated rings. The molecule has 1 aliphatic heterocycles. The topological polar surface area (TPSA) is 81.1 Å². The summed E-state index contributed by atoms with van der Waals surface area (Å²) in [5.74, 6) is 0.892. The van der Waals surface area contributed by atoms with Crippen molar-refractivity contribution in [1.82, 2.24) is 20.0 Å². The Bertz CT molecular complexity index is 579. The molecule has 3 heterocycles. The molecule has 112 valence electrons. The molecule has 2 aromatic rings. The third-order valence-electron chi connectivity index (χ3n) is 3.62. The zero-order chi connectivity index (χ0) is 14.7. The summed E-state index contributed by atoms with van der Waals surface area (Å²) < 4.78 is 5.24. The molecule has 1 atom stereocenters. The van der Waals surface area contributed by atoms with E-state index in [0.29, 0.717) is 22.4 Å². The fourth-order valence-electron chi connectivity index (χ4n) is 2.49.